The number of rotatable bonds is 3. The maximum atomic E-state index is 12.4. The number of amides is 1. The number of carbonyl (C=O) groups excluding carboxylic acids is 1. The summed E-state index contributed by atoms with van der Waals surface area (Å²) in [7, 11) is 0. The maximum Gasteiger partial charge on any atom is 0.223 e. The highest BCUT2D eigenvalue weighted by atomic mass is 16.3. The number of aliphatic hydroxyl groups excluding tert-OH is 1. The Bertz CT molecular complexity index is 301. The normalized spacial score (nSPS) is 35.4. The highest BCUT2D eigenvalue weighted by molar-refractivity contribution is 5.80. The van der Waals surface area contributed by atoms with Gasteiger partial charge in [-0.05, 0) is 31.1 Å². The van der Waals surface area contributed by atoms with E-state index in [0.717, 1.165) is 25.7 Å². The fraction of sp³-hybridized carbons (Fsp3) is 0.933. The van der Waals surface area contributed by atoms with E-state index in [9.17, 15) is 9.90 Å². The monoisotopic (exact) mass is 253 g/mol. The Morgan fingerprint density at radius 1 is 1.22 bits per heavy atom. The summed E-state index contributed by atoms with van der Waals surface area (Å²) in [4.78, 5) is 12.4. The van der Waals surface area contributed by atoms with Gasteiger partial charge in [-0.1, -0.05) is 33.1 Å². The van der Waals surface area contributed by atoms with Crippen molar-refractivity contribution < 1.29 is 9.90 Å². The Morgan fingerprint density at radius 3 is 2.56 bits per heavy atom. The lowest BCUT2D eigenvalue weighted by atomic mass is 9.80. The van der Waals surface area contributed by atoms with Crippen molar-refractivity contribution in [3.05, 3.63) is 0 Å². The molecule has 2 fully saturated rings. The van der Waals surface area contributed by atoms with E-state index in [1.807, 2.05) is 0 Å². The van der Waals surface area contributed by atoms with Gasteiger partial charge in [0.1, 0.15) is 0 Å². The summed E-state index contributed by atoms with van der Waals surface area (Å²) >= 11 is 0. The molecule has 0 radical (unpaired) electrons. The van der Waals surface area contributed by atoms with E-state index < -0.39 is 0 Å². The lowest BCUT2D eigenvalue weighted by Crippen LogP contribution is -2.47. The van der Waals surface area contributed by atoms with Gasteiger partial charge in [-0.15, -0.1) is 0 Å². The molecule has 0 aromatic carbocycles. The summed E-state index contributed by atoms with van der Waals surface area (Å²) in [5.41, 5.74) is 0.146. The number of aliphatic hydroxyl groups is 1. The SMILES string of the molecule is CC1(C)CCCC1C(=O)NC1CCCCC1CO. The Labute approximate surface area is 110 Å². The molecule has 3 heteroatoms. The zero-order valence-corrected chi connectivity index (χ0v) is 11.7. The lowest BCUT2D eigenvalue weighted by molar-refractivity contribution is -0.129. The van der Waals surface area contributed by atoms with Crippen molar-refractivity contribution in [3.63, 3.8) is 0 Å². The second kappa shape index (κ2) is 5.60. The smallest absolute Gasteiger partial charge is 0.223 e. The van der Waals surface area contributed by atoms with Crippen LogP contribution in [-0.4, -0.2) is 23.7 Å². The Kier molecular flexibility index (Phi) is 4.31. The largest absolute Gasteiger partial charge is 0.396 e. The van der Waals surface area contributed by atoms with Crippen LogP contribution in [0.2, 0.25) is 0 Å². The molecule has 0 aromatic rings. The minimum Gasteiger partial charge on any atom is -0.396 e. The first-order chi connectivity index (χ1) is 8.54. The molecular formula is C15H27NO2. The van der Waals surface area contributed by atoms with Crippen LogP contribution < -0.4 is 5.32 Å². The molecule has 0 spiro atoms. The van der Waals surface area contributed by atoms with Gasteiger partial charge in [-0.25, -0.2) is 0 Å². The molecule has 1 amide bonds. The van der Waals surface area contributed by atoms with Crippen LogP contribution in [0.4, 0.5) is 0 Å². The molecule has 3 nitrogen and oxygen atoms in total. The van der Waals surface area contributed by atoms with Gasteiger partial charge in [0.05, 0.1) is 0 Å². The zero-order valence-electron chi connectivity index (χ0n) is 11.7. The van der Waals surface area contributed by atoms with Crippen LogP contribution in [0.5, 0.6) is 0 Å². The van der Waals surface area contributed by atoms with Gasteiger partial charge >= 0.3 is 0 Å². The molecule has 2 saturated carbocycles. The molecule has 0 bridgehead atoms. The minimum atomic E-state index is 0.146. The highest BCUT2D eigenvalue weighted by Gasteiger charge is 2.40. The average Bonchev–Trinajstić information content (AvgIpc) is 2.69. The van der Waals surface area contributed by atoms with Gasteiger partial charge in [0.25, 0.3) is 0 Å². The zero-order chi connectivity index (χ0) is 13.2. The van der Waals surface area contributed by atoms with E-state index in [-0.39, 0.29) is 35.8 Å². The standard InChI is InChI=1S/C15H27NO2/c1-15(2)9-5-7-12(15)14(18)16-13-8-4-3-6-11(13)10-17/h11-13,17H,3-10H2,1-2H3,(H,16,18). The van der Waals surface area contributed by atoms with E-state index in [1.54, 1.807) is 0 Å². The molecule has 0 aliphatic heterocycles. The summed E-state index contributed by atoms with van der Waals surface area (Å²) in [5.74, 6) is 0.661. The molecule has 2 aliphatic carbocycles. The number of nitrogens with one attached hydrogen (secondary N) is 1. The van der Waals surface area contributed by atoms with Crippen molar-refractivity contribution in [2.24, 2.45) is 17.3 Å². The van der Waals surface area contributed by atoms with Crippen molar-refractivity contribution in [3.8, 4) is 0 Å². The quantitative estimate of drug-likeness (QED) is 0.812. The molecule has 2 rings (SSSR count). The highest BCUT2D eigenvalue weighted by Crippen LogP contribution is 2.42. The number of hydrogen-bond donors (Lipinski definition) is 2. The van der Waals surface area contributed by atoms with Crippen molar-refractivity contribution in [2.75, 3.05) is 6.61 Å². The molecule has 0 aromatic heterocycles. The summed E-state index contributed by atoms with van der Waals surface area (Å²) in [6.07, 6.45) is 7.79. The number of hydrogen-bond acceptors (Lipinski definition) is 2. The van der Waals surface area contributed by atoms with Crippen LogP contribution in [0, 0.1) is 17.3 Å². The molecule has 2 N–H and O–H groups in total. The molecule has 18 heavy (non-hydrogen) atoms. The molecule has 0 saturated heterocycles. The third kappa shape index (κ3) is 2.87. The fourth-order valence-corrected chi connectivity index (χ4v) is 3.71. The lowest BCUT2D eigenvalue weighted by Gasteiger charge is -2.34. The second-order valence-corrected chi connectivity index (χ2v) is 6.78. The van der Waals surface area contributed by atoms with Crippen LogP contribution in [-0.2, 0) is 4.79 Å². The molecule has 3 unspecified atom stereocenters. The van der Waals surface area contributed by atoms with E-state index in [0.29, 0.717) is 0 Å². The number of carbonyl (C=O) groups is 1. The van der Waals surface area contributed by atoms with E-state index in [2.05, 4.69) is 19.2 Å². The summed E-state index contributed by atoms with van der Waals surface area (Å²) in [6.45, 7) is 4.61. The van der Waals surface area contributed by atoms with Gasteiger partial charge in [0.2, 0.25) is 5.91 Å². The van der Waals surface area contributed by atoms with E-state index in [1.165, 1.54) is 19.3 Å². The molecule has 3 atom stereocenters. The van der Waals surface area contributed by atoms with Crippen molar-refractivity contribution >= 4 is 5.91 Å². The first-order valence-electron chi connectivity index (χ1n) is 7.46. The summed E-state index contributed by atoms with van der Waals surface area (Å²) in [6, 6.07) is 0.202. The Morgan fingerprint density at radius 2 is 1.94 bits per heavy atom. The van der Waals surface area contributed by atoms with Gasteiger partial charge in [-0.3, -0.25) is 4.79 Å². The van der Waals surface area contributed by atoms with E-state index >= 15 is 0 Å². The maximum absolute atomic E-state index is 12.4. The van der Waals surface area contributed by atoms with Crippen LogP contribution in [0.15, 0.2) is 0 Å². The predicted octanol–water partition coefficient (Wildman–Crippen LogP) is 2.48. The van der Waals surface area contributed by atoms with Crippen molar-refractivity contribution in [1.82, 2.24) is 5.32 Å². The summed E-state index contributed by atoms with van der Waals surface area (Å²) in [5, 5.41) is 12.6. The third-order valence-corrected chi connectivity index (χ3v) is 5.04. The predicted molar refractivity (Wildman–Crippen MR) is 72.1 cm³/mol. The van der Waals surface area contributed by atoms with Gasteiger partial charge in [0, 0.05) is 24.5 Å². The minimum absolute atomic E-state index is 0.146. The van der Waals surface area contributed by atoms with Gasteiger partial charge in [0.15, 0.2) is 0 Å². The van der Waals surface area contributed by atoms with Crippen LogP contribution >= 0.6 is 0 Å². The second-order valence-electron chi connectivity index (χ2n) is 6.78. The first kappa shape index (κ1) is 13.9. The van der Waals surface area contributed by atoms with E-state index in [4.69, 9.17) is 0 Å². The van der Waals surface area contributed by atoms with Gasteiger partial charge < -0.3 is 10.4 Å². The average molecular weight is 253 g/mol. The van der Waals surface area contributed by atoms with Crippen molar-refractivity contribution in [1.29, 1.82) is 0 Å². The van der Waals surface area contributed by atoms with Crippen LogP contribution in [0.3, 0.4) is 0 Å². The molecular weight excluding hydrogens is 226 g/mol. The fourth-order valence-electron chi connectivity index (χ4n) is 3.71. The van der Waals surface area contributed by atoms with Gasteiger partial charge in [-0.2, -0.15) is 0 Å². The topological polar surface area (TPSA) is 49.3 Å². The first-order valence-corrected chi connectivity index (χ1v) is 7.46. The van der Waals surface area contributed by atoms with Crippen LogP contribution in [0.1, 0.15) is 58.8 Å². The third-order valence-electron chi connectivity index (χ3n) is 5.04. The molecule has 0 heterocycles. The Balaban J connectivity index is 1.94. The van der Waals surface area contributed by atoms with Crippen LogP contribution in [0.25, 0.3) is 0 Å². The molecule has 2 aliphatic rings. The van der Waals surface area contributed by atoms with Crippen molar-refractivity contribution in [2.45, 2.75) is 64.8 Å². The summed E-state index contributed by atoms with van der Waals surface area (Å²) < 4.78 is 0. The Hall–Kier alpha value is -0.570. The molecule has 104 valence electrons.